The van der Waals surface area contributed by atoms with E-state index < -0.39 is 0 Å². The van der Waals surface area contributed by atoms with Gasteiger partial charge in [-0.05, 0) is 18.7 Å². The molecule has 2 bridgehead atoms. The molecule has 2 aliphatic rings. The van der Waals surface area contributed by atoms with Crippen LogP contribution in [0.3, 0.4) is 0 Å². The molecule has 3 rings (SSSR count). The molecule has 1 aromatic heterocycles. The highest BCUT2D eigenvalue weighted by Gasteiger charge is 2.31. The van der Waals surface area contributed by atoms with Crippen LogP contribution >= 0.6 is 11.6 Å². The molecule has 0 spiro atoms. The number of ether oxygens (including phenoxy) is 1. The third-order valence-corrected chi connectivity index (χ3v) is 4.41. The molecule has 2 saturated heterocycles. The Morgan fingerprint density at radius 3 is 3.11 bits per heavy atom. The zero-order valence-corrected chi connectivity index (χ0v) is 12.0. The predicted molar refractivity (Wildman–Crippen MR) is 75.3 cm³/mol. The molecule has 19 heavy (non-hydrogen) atoms. The Labute approximate surface area is 119 Å². The molecule has 0 amide bonds. The molecule has 5 heteroatoms. The summed E-state index contributed by atoms with van der Waals surface area (Å²) in [6.07, 6.45) is 3.54. The van der Waals surface area contributed by atoms with Crippen LogP contribution in [0, 0.1) is 5.92 Å². The Morgan fingerprint density at radius 1 is 1.37 bits per heavy atom. The highest BCUT2D eigenvalue weighted by molar-refractivity contribution is 6.31. The van der Waals surface area contributed by atoms with Gasteiger partial charge in [-0.25, -0.2) is 0 Å². The number of rotatable bonds is 2. The Balaban J connectivity index is 1.74. The van der Waals surface area contributed by atoms with Crippen molar-refractivity contribution in [2.75, 3.05) is 39.9 Å². The zero-order chi connectivity index (χ0) is 13.2. The molecule has 0 saturated carbocycles. The van der Waals surface area contributed by atoms with Crippen molar-refractivity contribution in [1.29, 1.82) is 0 Å². The third kappa shape index (κ3) is 3.08. The number of hydrogen-bond acceptors (Lipinski definition) is 4. The minimum atomic E-state index is 0.494. The summed E-state index contributed by atoms with van der Waals surface area (Å²) < 4.78 is 5.75. The zero-order valence-electron chi connectivity index (χ0n) is 11.3. The van der Waals surface area contributed by atoms with Crippen LogP contribution in [0.15, 0.2) is 18.5 Å². The van der Waals surface area contributed by atoms with Crippen LogP contribution in [0.4, 0.5) is 0 Å². The van der Waals surface area contributed by atoms with Crippen LogP contribution in [-0.4, -0.2) is 60.7 Å². The number of pyridine rings is 1. The third-order valence-electron chi connectivity index (χ3n) is 4.07. The quantitative estimate of drug-likeness (QED) is 0.821. The first-order chi connectivity index (χ1) is 9.22. The highest BCUT2D eigenvalue weighted by atomic mass is 35.5. The van der Waals surface area contributed by atoms with Gasteiger partial charge in [0.25, 0.3) is 0 Å². The van der Waals surface area contributed by atoms with Gasteiger partial charge in [0.2, 0.25) is 0 Å². The molecule has 3 heterocycles. The van der Waals surface area contributed by atoms with E-state index in [9.17, 15) is 0 Å². The van der Waals surface area contributed by atoms with Gasteiger partial charge in [0.15, 0.2) is 0 Å². The maximum Gasteiger partial charge on any atom is 0.0634 e. The summed E-state index contributed by atoms with van der Waals surface area (Å²) in [5.41, 5.74) is 1.17. The summed E-state index contributed by atoms with van der Waals surface area (Å²) in [7, 11) is 2.20. The van der Waals surface area contributed by atoms with Gasteiger partial charge in [-0.2, -0.15) is 0 Å². The van der Waals surface area contributed by atoms with E-state index in [0.29, 0.717) is 12.0 Å². The molecule has 1 aromatic rings. The highest BCUT2D eigenvalue weighted by Crippen LogP contribution is 2.22. The van der Waals surface area contributed by atoms with E-state index in [4.69, 9.17) is 16.3 Å². The lowest BCUT2D eigenvalue weighted by Crippen LogP contribution is -2.41. The minimum Gasteiger partial charge on any atom is -0.379 e. The van der Waals surface area contributed by atoms with Gasteiger partial charge in [0.05, 0.1) is 18.2 Å². The fourth-order valence-corrected chi connectivity index (χ4v) is 3.23. The largest absolute Gasteiger partial charge is 0.379 e. The topological polar surface area (TPSA) is 28.6 Å². The minimum absolute atomic E-state index is 0.494. The molecular formula is C14H20ClN3O. The molecule has 104 valence electrons. The Hall–Kier alpha value is -0.680. The van der Waals surface area contributed by atoms with Crippen molar-refractivity contribution in [3.63, 3.8) is 0 Å². The van der Waals surface area contributed by atoms with Crippen molar-refractivity contribution < 1.29 is 4.74 Å². The summed E-state index contributed by atoms with van der Waals surface area (Å²) >= 11 is 6.21. The summed E-state index contributed by atoms with van der Waals surface area (Å²) in [6, 6.07) is 2.51. The summed E-state index contributed by atoms with van der Waals surface area (Å²) in [5.74, 6) is 0.595. The van der Waals surface area contributed by atoms with Crippen molar-refractivity contribution in [2.24, 2.45) is 5.92 Å². The lowest BCUT2D eigenvalue weighted by atomic mass is 10.1. The fourth-order valence-electron chi connectivity index (χ4n) is 3.05. The van der Waals surface area contributed by atoms with Crippen molar-refractivity contribution in [3.05, 3.63) is 29.0 Å². The second kappa shape index (κ2) is 5.75. The first kappa shape index (κ1) is 13.3. The first-order valence-corrected chi connectivity index (χ1v) is 7.19. The van der Waals surface area contributed by atoms with Gasteiger partial charge >= 0.3 is 0 Å². The van der Waals surface area contributed by atoms with E-state index in [0.717, 1.165) is 44.4 Å². The SMILES string of the molecule is CN1C[C@H]2COC[C@@H]1CN(Cc1ccncc1Cl)C2. The van der Waals surface area contributed by atoms with Crippen molar-refractivity contribution in [3.8, 4) is 0 Å². The van der Waals surface area contributed by atoms with E-state index >= 15 is 0 Å². The van der Waals surface area contributed by atoms with Crippen LogP contribution in [0.1, 0.15) is 5.56 Å². The van der Waals surface area contributed by atoms with Gasteiger partial charge < -0.3 is 4.74 Å². The maximum atomic E-state index is 6.21. The predicted octanol–water partition coefficient (Wildman–Crippen LogP) is 1.50. The lowest BCUT2D eigenvalue weighted by Gasteiger charge is -2.29. The molecule has 0 unspecified atom stereocenters. The Morgan fingerprint density at radius 2 is 2.26 bits per heavy atom. The molecule has 0 aliphatic carbocycles. The number of hydrogen-bond donors (Lipinski definition) is 0. The van der Waals surface area contributed by atoms with E-state index in [1.807, 2.05) is 12.3 Å². The molecular weight excluding hydrogens is 262 g/mol. The molecule has 2 atom stereocenters. The number of halogens is 1. The Kier molecular flexibility index (Phi) is 4.03. The van der Waals surface area contributed by atoms with E-state index in [1.165, 1.54) is 5.56 Å². The smallest absolute Gasteiger partial charge is 0.0634 e. The molecule has 0 radical (unpaired) electrons. The second-order valence-electron chi connectivity index (χ2n) is 5.66. The van der Waals surface area contributed by atoms with Gasteiger partial charge in [-0.3, -0.25) is 14.8 Å². The number of fused-ring (bicyclic) bond motifs is 3. The van der Waals surface area contributed by atoms with Crippen molar-refractivity contribution >= 4 is 11.6 Å². The van der Waals surface area contributed by atoms with Crippen LogP contribution < -0.4 is 0 Å². The average molecular weight is 282 g/mol. The molecule has 2 fully saturated rings. The molecule has 0 aromatic carbocycles. The van der Waals surface area contributed by atoms with Gasteiger partial charge in [0, 0.05) is 50.5 Å². The fraction of sp³-hybridized carbons (Fsp3) is 0.643. The van der Waals surface area contributed by atoms with Gasteiger partial charge in [0.1, 0.15) is 0 Å². The van der Waals surface area contributed by atoms with E-state index in [2.05, 4.69) is 21.8 Å². The number of likely N-dealkylation sites (N-methyl/N-ethyl adjacent to an activating group) is 1. The van der Waals surface area contributed by atoms with Gasteiger partial charge in [-0.15, -0.1) is 0 Å². The van der Waals surface area contributed by atoms with Crippen LogP contribution in [0.2, 0.25) is 5.02 Å². The van der Waals surface area contributed by atoms with Crippen molar-refractivity contribution in [1.82, 2.24) is 14.8 Å². The monoisotopic (exact) mass is 281 g/mol. The average Bonchev–Trinajstić information content (AvgIpc) is 2.61. The lowest BCUT2D eigenvalue weighted by molar-refractivity contribution is 0.0516. The Bertz CT molecular complexity index is 442. The summed E-state index contributed by atoms with van der Waals surface area (Å²) in [6.45, 7) is 5.88. The standard InChI is InChI=1S/C14H20ClN3O/c1-17-5-11-6-18(8-13(17)10-19-9-11)7-12-2-3-16-4-14(12)15/h2-4,11,13H,5-10H2,1H3/t11-,13+/m1/s1. The molecule has 2 aliphatic heterocycles. The molecule has 0 N–H and O–H groups in total. The van der Waals surface area contributed by atoms with Crippen LogP contribution in [0.25, 0.3) is 0 Å². The summed E-state index contributed by atoms with van der Waals surface area (Å²) in [4.78, 5) is 8.99. The second-order valence-corrected chi connectivity index (χ2v) is 6.07. The van der Waals surface area contributed by atoms with E-state index in [-0.39, 0.29) is 0 Å². The van der Waals surface area contributed by atoms with Crippen LogP contribution in [0.5, 0.6) is 0 Å². The van der Waals surface area contributed by atoms with Crippen molar-refractivity contribution in [2.45, 2.75) is 12.6 Å². The van der Waals surface area contributed by atoms with Gasteiger partial charge in [-0.1, -0.05) is 11.6 Å². The maximum absolute atomic E-state index is 6.21. The molecule has 4 nitrogen and oxygen atoms in total. The first-order valence-electron chi connectivity index (χ1n) is 6.81. The number of nitrogens with zero attached hydrogens (tertiary/aromatic N) is 3. The number of aromatic nitrogens is 1. The normalized spacial score (nSPS) is 29.2. The van der Waals surface area contributed by atoms with Crippen LogP contribution in [-0.2, 0) is 11.3 Å². The summed E-state index contributed by atoms with van der Waals surface area (Å²) in [5, 5.41) is 0.765. The van der Waals surface area contributed by atoms with E-state index in [1.54, 1.807) is 6.20 Å².